The quantitative estimate of drug-likeness (QED) is 0.587. The van der Waals surface area contributed by atoms with E-state index in [-0.39, 0.29) is 11.4 Å². The number of para-hydroxylation sites is 1. The fourth-order valence-electron chi connectivity index (χ4n) is 4.40. The minimum Gasteiger partial charge on any atom is -0.363 e. The highest BCUT2D eigenvalue weighted by Gasteiger charge is 2.31. The zero-order valence-electron chi connectivity index (χ0n) is 19.0. The van der Waals surface area contributed by atoms with Crippen molar-refractivity contribution in [1.82, 2.24) is 5.32 Å². The van der Waals surface area contributed by atoms with Crippen LogP contribution in [0.2, 0.25) is 0 Å². The maximum atomic E-state index is 12.6. The van der Waals surface area contributed by atoms with Gasteiger partial charge in [-0.3, -0.25) is 4.79 Å². The molecule has 0 unspecified atom stereocenters. The summed E-state index contributed by atoms with van der Waals surface area (Å²) in [5, 5.41) is 3.52. The van der Waals surface area contributed by atoms with Crippen LogP contribution in [0.15, 0.2) is 52.4 Å². The Morgan fingerprint density at radius 2 is 1.87 bits per heavy atom. The van der Waals surface area contributed by atoms with Crippen molar-refractivity contribution < 1.29 is 4.79 Å². The number of aryl methyl sites for hydroxylation is 2. The third kappa shape index (κ3) is 4.07. The Morgan fingerprint density at radius 1 is 1.13 bits per heavy atom. The van der Waals surface area contributed by atoms with Crippen LogP contribution in [0.1, 0.15) is 49.9 Å². The molecule has 1 fully saturated rings. The Kier molecular flexibility index (Phi) is 5.56. The second-order valence-electron chi connectivity index (χ2n) is 8.72. The molecule has 4 rings (SSSR count). The highest BCUT2D eigenvalue weighted by molar-refractivity contribution is 8.18. The van der Waals surface area contributed by atoms with Gasteiger partial charge in [-0.2, -0.15) is 0 Å². The van der Waals surface area contributed by atoms with Gasteiger partial charge in [0, 0.05) is 17.8 Å². The summed E-state index contributed by atoms with van der Waals surface area (Å²) in [4.78, 5) is 20.3. The summed E-state index contributed by atoms with van der Waals surface area (Å²) in [7, 11) is 0. The van der Waals surface area contributed by atoms with E-state index in [1.807, 2.05) is 37.3 Å². The average molecular weight is 432 g/mol. The van der Waals surface area contributed by atoms with Crippen LogP contribution < -0.4 is 10.2 Å². The van der Waals surface area contributed by atoms with Crippen LogP contribution >= 0.6 is 11.8 Å². The number of anilines is 1. The molecule has 1 saturated heterocycles. The first-order valence-corrected chi connectivity index (χ1v) is 11.5. The molecule has 0 aromatic heterocycles. The number of hydrogen-bond acceptors (Lipinski definition) is 4. The second kappa shape index (κ2) is 8.04. The Bertz CT molecular complexity index is 1160. The predicted octanol–water partition coefficient (Wildman–Crippen LogP) is 6.22. The molecule has 0 aliphatic carbocycles. The Morgan fingerprint density at radius 3 is 2.58 bits per heavy atom. The fraction of sp³-hybridized carbons (Fsp3) is 0.308. The molecule has 2 aromatic rings. The summed E-state index contributed by atoms with van der Waals surface area (Å²) in [6.07, 6.45) is 4.31. The van der Waals surface area contributed by atoms with E-state index < -0.39 is 0 Å². The first-order chi connectivity index (χ1) is 14.7. The van der Waals surface area contributed by atoms with Crippen LogP contribution in [0, 0.1) is 13.8 Å². The monoisotopic (exact) mass is 431 g/mol. The standard InChI is InChI=1S/C26H29N3OS/c1-7-29-22-12-17(3)19(13-20(22)18(4)15-26(29,5)6)14-23-24(30)28-25(31-23)27-21-11-9-8-10-16(21)2/h8-15H,7H2,1-6H3,(H,27,28,30)/b23-14-. The van der Waals surface area contributed by atoms with Crippen molar-refractivity contribution in [3.05, 3.63) is 69.6 Å². The van der Waals surface area contributed by atoms with Crippen molar-refractivity contribution in [2.24, 2.45) is 4.99 Å². The van der Waals surface area contributed by atoms with E-state index in [1.165, 1.54) is 28.6 Å². The summed E-state index contributed by atoms with van der Waals surface area (Å²) in [5.41, 5.74) is 7.94. The average Bonchev–Trinajstić information content (AvgIpc) is 3.03. The van der Waals surface area contributed by atoms with Crippen LogP contribution in [0.25, 0.3) is 11.6 Å². The molecule has 0 radical (unpaired) electrons. The van der Waals surface area contributed by atoms with Gasteiger partial charge in [0.05, 0.1) is 16.1 Å². The largest absolute Gasteiger partial charge is 0.363 e. The third-order valence-corrected chi connectivity index (χ3v) is 6.87. The van der Waals surface area contributed by atoms with Crippen molar-refractivity contribution in [2.75, 3.05) is 11.4 Å². The number of thioether (sulfide) groups is 1. The molecule has 0 spiro atoms. The number of benzene rings is 2. The molecule has 2 heterocycles. The number of likely N-dealkylation sites (N-methyl/N-ethyl adjacent to an activating group) is 1. The molecule has 1 amide bonds. The lowest BCUT2D eigenvalue weighted by atomic mass is 9.87. The molecule has 0 bridgehead atoms. The maximum Gasteiger partial charge on any atom is 0.264 e. The van der Waals surface area contributed by atoms with Crippen LogP contribution in [0.4, 0.5) is 11.4 Å². The Labute approximate surface area is 189 Å². The number of fused-ring (bicyclic) bond motifs is 1. The Balaban J connectivity index is 1.69. The van der Waals surface area contributed by atoms with E-state index in [4.69, 9.17) is 0 Å². The molecule has 2 aliphatic rings. The second-order valence-corrected chi connectivity index (χ2v) is 9.75. The summed E-state index contributed by atoms with van der Waals surface area (Å²) in [5.74, 6) is -0.0990. The van der Waals surface area contributed by atoms with Gasteiger partial charge in [-0.15, -0.1) is 0 Å². The molecule has 4 nitrogen and oxygen atoms in total. The highest BCUT2D eigenvalue weighted by atomic mass is 32.2. The molecular weight excluding hydrogens is 402 g/mol. The molecule has 160 valence electrons. The molecule has 1 N–H and O–H groups in total. The number of allylic oxidation sites excluding steroid dienone is 1. The van der Waals surface area contributed by atoms with Crippen molar-refractivity contribution in [1.29, 1.82) is 0 Å². The van der Waals surface area contributed by atoms with Crippen molar-refractivity contribution >= 4 is 45.9 Å². The van der Waals surface area contributed by atoms with E-state index in [2.05, 4.69) is 68.0 Å². The number of amidine groups is 1. The van der Waals surface area contributed by atoms with E-state index in [9.17, 15) is 4.79 Å². The Hall–Kier alpha value is -2.79. The number of nitrogens with one attached hydrogen (secondary N) is 1. The number of nitrogens with zero attached hydrogens (tertiary/aromatic N) is 2. The van der Waals surface area contributed by atoms with Crippen molar-refractivity contribution in [3.63, 3.8) is 0 Å². The van der Waals surface area contributed by atoms with E-state index in [0.29, 0.717) is 10.1 Å². The zero-order chi connectivity index (χ0) is 22.3. The lowest BCUT2D eigenvalue weighted by molar-refractivity contribution is -0.115. The number of hydrogen-bond donors (Lipinski definition) is 1. The number of aliphatic imine (C=N–C) groups is 1. The fourth-order valence-corrected chi connectivity index (χ4v) is 5.22. The highest BCUT2D eigenvalue weighted by Crippen LogP contribution is 2.41. The van der Waals surface area contributed by atoms with Gasteiger partial charge in [0.25, 0.3) is 5.91 Å². The number of carbonyl (C=O) groups excluding carboxylic acids is 1. The van der Waals surface area contributed by atoms with Crippen molar-refractivity contribution in [2.45, 2.75) is 47.1 Å². The summed E-state index contributed by atoms with van der Waals surface area (Å²) >= 11 is 1.39. The smallest absolute Gasteiger partial charge is 0.264 e. The maximum absolute atomic E-state index is 12.6. The van der Waals surface area contributed by atoms with Crippen LogP contribution in [-0.4, -0.2) is 23.2 Å². The first kappa shape index (κ1) is 21.4. The summed E-state index contributed by atoms with van der Waals surface area (Å²) in [6.45, 7) is 13.9. The van der Waals surface area contributed by atoms with Gasteiger partial charge in [0.2, 0.25) is 0 Å². The van der Waals surface area contributed by atoms with Gasteiger partial charge in [-0.25, -0.2) is 4.99 Å². The topological polar surface area (TPSA) is 44.7 Å². The van der Waals surface area contributed by atoms with E-state index in [1.54, 1.807) is 0 Å². The predicted molar refractivity (Wildman–Crippen MR) is 134 cm³/mol. The van der Waals surface area contributed by atoms with Gasteiger partial charge < -0.3 is 10.2 Å². The minimum absolute atomic E-state index is 0.0135. The number of rotatable bonds is 3. The normalized spacial score (nSPS) is 20.1. The van der Waals surface area contributed by atoms with Crippen molar-refractivity contribution in [3.8, 4) is 0 Å². The molecule has 5 heteroatoms. The van der Waals surface area contributed by atoms with Gasteiger partial charge in [-0.05, 0) is 99.8 Å². The molecule has 31 heavy (non-hydrogen) atoms. The molecule has 2 aliphatic heterocycles. The summed E-state index contributed by atoms with van der Waals surface area (Å²) < 4.78 is 0. The first-order valence-electron chi connectivity index (χ1n) is 10.7. The van der Waals surface area contributed by atoms with Crippen LogP contribution in [0.5, 0.6) is 0 Å². The minimum atomic E-state index is -0.0990. The van der Waals surface area contributed by atoms with Gasteiger partial charge >= 0.3 is 0 Å². The lowest BCUT2D eigenvalue weighted by Gasteiger charge is -2.43. The van der Waals surface area contributed by atoms with Gasteiger partial charge in [0.15, 0.2) is 5.17 Å². The SMILES string of the molecule is CCN1c2cc(C)c(/C=C3\SC(=Nc4ccccc4C)NC3=O)cc2C(C)=CC1(C)C. The molecule has 0 atom stereocenters. The van der Waals surface area contributed by atoms with Crippen LogP contribution in [-0.2, 0) is 4.79 Å². The molecule has 2 aromatic carbocycles. The number of amides is 1. The van der Waals surface area contributed by atoms with Gasteiger partial charge in [0.1, 0.15) is 0 Å². The summed E-state index contributed by atoms with van der Waals surface area (Å²) in [6, 6.07) is 12.4. The lowest BCUT2D eigenvalue weighted by Crippen LogP contribution is -2.44. The molecule has 0 saturated carbocycles. The zero-order valence-corrected chi connectivity index (χ0v) is 19.9. The van der Waals surface area contributed by atoms with Gasteiger partial charge in [-0.1, -0.05) is 24.3 Å². The third-order valence-electron chi connectivity index (χ3n) is 5.96. The molecular formula is C26H29N3OS. The van der Waals surface area contributed by atoms with Crippen LogP contribution in [0.3, 0.4) is 0 Å². The number of carbonyl (C=O) groups is 1. The van der Waals surface area contributed by atoms with E-state index >= 15 is 0 Å². The van der Waals surface area contributed by atoms with E-state index in [0.717, 1.165) is 28.9 Å².